The quantitative estimate of drug-likeness (QED) is 0.145. The van der Waals surface area contributed by atoms with Gasteiger partial charge < -0.3 is 24.0 Å². The molecule has 216 valence electrons. The minimum atomic E-state index is -1.00. The Kier molecular flexibility index (Phi) is 10.7. The average Bonchev–Trinajstić information content (AvgIpc) is 3.46. The predicted octanol–water partition coefficient (Wildman–Crippen LogP) is 4.55. The Balaban J connectivity index is 0.00000384. The van der Waals surface area contributed by atoms with E-state index in [9.17, 15) is 9.90 Å². The van der Waals surface area contributed by atoms with Gasteiger partial charge in [0.25, 0.3) is 0 Å². The summed E-state index contributed by atoms with van der Waals surface area (Å²) in [6, 6.07) is 39.3. The van der Waals surface area contributed by atoms with Crippen LogP contribution in [0.5, 0.6) is 5.75 Å². The topological polar surface area (TPSA) is 78.6 Å². The Bertz CT molecular complexity index is 1780. The van der Waals surface area contributed by atoms with Crippen LogP contribution >= 0.6 is 0 Å². The number of carboxylic acid groups (broad SMARTS) is 1. The molecule has 0 aliphatic rings. The number of carboxylic acids is 1. The summed E-state index contributed by atoms with van der Waals surface area (Å²) < 4.78 is 12.3. The Labute approximate surface area is 279 Å². The summed E-state index contributed by atoms with van der Waals surface area (Å²) in [5.41, 5.74) is 6.04. The molecule has 0 saturated carbocycles. The van der Waals surface area contributed by atoms with Gasteiger partial charge in [0.05, 0.1) is 6.61 Å². The number of unbranched alkanes of at least 4 members (excludes halogenated alkanes) is 2. The number of aromatic nitrogens is 1. The van der Waals surface area contributed by atoms with Crippen molar-refractivity contribution in [3.63, 3.8) is 0 Å². The van der Waals surface area contributed by atoms with Gasteiger partial charge in [-0.15, -0.1) is 0 Å². The number of aliphatic carboxylic acids is 1. The van der Waals surface area contributed by atoms with E-state index in [1.807, 2.05) is 48.5 Å². The van der Waals surface area contributed by atoms with E-state index in [0.29, 0.717) is 18.9 Å². The number of carbonyl (C=O) groups excluding carboxylic acids is 1. The van der Waals surface area contributed by atoms with E-state index in [1.165, 1.54) is 11.1 Å². The van der Waals surface area contributed by atoms with Crippen LogP contribution in [0.2, 0.25) is 0 Å². The number of rotatable bonds is 13. The van der Waals surface area contributed by atoms with Crippen LogP contribution in [0.1, 0.15) is 36.8 Å². The fourth-order valence-corrected chi connectivity index (χ4v) is 5.35. The maximum Gasteiger partial charge on any atom is 1.00 e. The van der Waals surface area contributed by atoms with E-state index in [2.05, 4.69) is 71.6 Å². The van der Waals surface area contributed by atoms with Gasteiger partial charge in [0.2, 0.25) is 5.89 Å². The van der Waals surface area contributed by atoms with Gasteiger partial charge in [0, 0.05) is 36.4 Å². The molecule has 0 spiro atoms. The van der Waals surface area contributed by atoms with Crippen LogP contribution in [0, 0.1) is 0 Å². The molecule has 0 atom stereocenters. The predicted molar refractivity (Wildman–Crippen MR) is 169 cm³/mol. The van der Waals surface area contributed by atoms with Crippen LogP contribution in [0.15, 0.2) is 120 Å². The minimum absolute atomic E-state index is 0. The van der Waals surface area contributed by atoms with Gasteiger partial charge >= 0.3 is 29.6 Å². The zero-order valence-corrected chi connectivity index (χ0v) is 26.9. The molecule has 7 heteroatoms. The van der Waals surface area contributed by atoms with E-state index in [0.717, 1.165) is 64.8 Å². The molecule has 0 bridgehead atoms. The van der Waals surface area contributed by atoms with E-state index in [4.69, 9.17) is 14.1 Å². The number of hydrogen-bond donors (Lipinski definition) is 0. The van der Waals surface area contributed by atoms with Gasteiger partial charge in [-0.2, -0.15) is 0 Å². The van der Waals surface area contributed by atoms with Crippen LogP contribution in [0.4, 0.5) is 5.69 Å². The first-order chi connectivity index (χ1) is 21.1. The van der Waals surface area contributed by atoms with Crippen molar-refractivity contribution < 1.29 is 48.6 Å². The Morgan fingerprint density at radius 3 is 2.20 bits per heavy atom. The molecule has 6 nitrogen and oxygen atoms in total. The molecule has 0 saturated heterocycles. The van der Waals surface area contributed by atoms with Crippen molar-refractivity contribution >= 4 is 33.5 Å². The van der Waals surface area contributed by atoms with Crippen molar-refractivity contribution in [1.82, 2.24) is 4.98 Å². The van der Waals surface area contributed by atoms with Crippen molar-refractivity contribution in [3.05, 3.63) is 126 Å². The molecule has 0 N–H and O–H groups in total. The molecule has 0 unspecified atom stereocenters. The van der Waals surface area contributed by atoms with Crippen molar-refractivity contribution in [3.8, 4) is 17.2 Å². The van der Waals surface area contributed by atoms with E-state index >= 15 is 0 Å². The summed E-state index contributed by atoms with van der Waals surface area (Å²) in [7, 11) is 0. The van der Waals surface area contributed by atoms with Crippen LogP contribution in [-0.2, 0) is 17.9 Å². The standard InChI is InChI=1S/C37H34N2O4.Na/c40-36(41)17-8-3-9-22-42-31-19-20-32-29(23-31)15-10-16-33(32)37-38-34-21-18-30(24-35(34)43-37)39(25-27-11-4-1-5-12-27)26-28-13-6-2-7-14-28;/h1-2,4-7,10-16,18-21,23-24H,3,8-9,17,22,25-26H2,(H,40,41);/q;+1/p-1. The molecule has 0 aliphatic heterocycles. The summed E-state index contributed by atoms with van der Waals surface area (Å²) in [5, 5.41) is 12.6. The van der Waals surface area contributed by atoms with Gasteiger partial charge in [0.15, 0.2) is 5.58 Å². The normalized spacial score (nSPS) is 10.9. The Hall–Kier alpha value is -4.10. The molecule has 0 fully saturated rings. The van der Waals surface area contributed by atoms with Crippen LogP contribution in [0.25, 0.3) is 33.3 Å². The molecule has 0 aliphatic carbocycles. The number of carbonyl (C=O) groups is 1. The fourth-order valence-electron chi connectivity index (χ4n) is 5.35. The van der Waals surface area contributed by atoms with E-state index in [1.54, 1.807) is 0 Å². The molecule has 6 rings (SSSR count). The first-order valence-corrected chi connectivity index (χ1v) is 14.7. The average molecular weight is 593 g/mol. The maximum atomic E-state index is 10.6. The Morgan fingerprint density at radius 2 is 1.50 bits per heavy atom. The number of benzene rings is 5. The molecule has 6 aromatic rings. The van der Waals surface area contributed by atoms with Gasteiger partial charge in [-0.05, 0) is 84.0 Å². The SMILES string of the molecule is O=C([O-])CCCCCOc1ccc2c(-c3nc4ccc(N(Cc5ccccc5)Cc5ccccc5)cc4o3)cccc2c1.[Na+]. The second kappa shape index (κ2) is 15.1. The van der Waals surface area contributed by atoms with Crippen molar-refractivity contribution in [1.29, 1.82) is 0 Å². The monoisotopic (exact) mass is 592 g/mol. The van der Waals surface area contributed by atoms with Crippen molar-refractivity contribution in [2.24, 2.45) is 0 Å². The van der Waals surface area contributed by atoms with E-state index < -0.39 is 5.97 Å². The third-order valence-electron chi connectivity index (χ3n) is 7.55. The van der Waals surface area contributed by atoms with Crippen molar-refractivity contribution in [2.75, 3.05) is 11.5 Å². The van der Waals surface area contributed by atoms with Crippen LogP contribution in [0.3, 0.4) is 0 Å². The fraction of sp³-hybridized carbons (Fsp3) is 0.189. The van der Waals surface area contributed by atoms with Gasteiger partial charge in [-0.25, -0.2) is 4.98 Å². The first-order valence-electron chi connectivity index (χ1n) is 14.7. The zero-order chi connectivity index (χ0) is 29.4. The smallest absolute Gasteiger partial charge is 0.550 e. The van der Waals surface area contributed by atoms with E-state index in [-0.39, 0.29) is 36.0 Å². The second-order valence-corrected chi connectivity index (χ2v) is 10.7. The molecule has 0 amide bonds. The van der Waals surface area contributed by atoms with Crippen molar-refractivity contribution in [2.45, 2.75) is 38.8 Å². The first kappa shape index (κ1) is 31.3. The van der Waals surface area contributed by atoms with Gasteiger partial charge in [0.1, 0.15) is 11.3 Å². The summed E-state index contributed by atoms with van der Waals surface area (Å²) in [6.45, 7) is 2.09. The third kappa shape index (κ3) is 7.88. The summed E-state index contributed by atoms with van der Waals surface area (Å²) in [5.74, 6) is 0.361. The zero-order valence-electron chi connectivity index (χ0n) is 24.9. The number of nitrogens with zero attached hydrogens (tertiary/aromatic N) is 2. The summed E-state index contributed by atoms with van der Waals surface area (Å²) in [4.78, 5) is 17.8. The molecular weight excluding hydrogens is 559 g/mol. The number of ether oxygens (including phenoxy) is 1. The largest absolute Gasteiger partial charge is 1.00 e. The number of oxazole rings is 1. The van der Waals surface area contributed by atoms with Gasteiger partial charge in [-0.1, -0.05) is 72.8 Å². The Morgan fingerprint density at radius 1 is 0.773 bits per heavy atom. The number of hydrogen-bond acceptors (Lipinski definition) is 6. The molecule has 5 aromatic carbocycles. The maximum absolute atomic E-state index is 10.6. The molecule has 0 radical (unpaired) electrons. The van der Waals surface area contributed by atoms with Crippen LogP contribution in [-0.4, -0.2) is 17.6 Å². The third-order valence-corrected chi connectivity index (χ3v) is 7.55. The minimum Gasteiger partial charge on any atom is -0.550 e. The number of fused-ring (bicyclic) bond motifs is 2. The molecular formula is C37H33N2NaO4. The summed E-state index contributed by atoms with van der Waals surface area (Å²) >= 11 is 0. The van der Waals surface area contributed by atoms with Crippen LogP contribution < -0.4 is 44.3 Å². The molecule has 44 heavy (non-hydrogen) atoms. The number of anilines is 1. The molecule has 1 aromatic heterocycles. The molecule has 1 heterocycles. The van der Waals surface area contributed by atoms with Gasteiger partial charge in [-0.3, -0.25) is 0 Å². The summed E-state index contributed by atoms with van der Waals surface area (Å²) in [6.07, 6.45) is 2.29. The second-order valence-electron chi connectivity index (χ2n) is 10.7.